The van der Waals surface area contributed by atoms with E-state index in [0.717, 1.165) is 17.9 Å². The minimum absolute atomic E-state index is 0.122. The Balaban J connectivity index is 1.51. The molecule has 0 spiro atoms. The molecule has 2 aromatic rings. The lowest BCUT2D eigenvalue weighted by Gasteiger charge is -2.25. The summed E-state index contributed by atoms with van der Waals surface area (Å²) in [6.07, 6.45) is 8.48. The molecule has 32 heavy (non-hydrogen) atoms. The predicted molar refractivity (Wildman–Crippen MR) is 130 cm³/mol. The maximum atomic E-state index is 11.3. The van der Waals surface area contributed by atoms with Crippen molar-refractivity contribution in [2.75, 3.05) is 18.0 Å². The number of para-hydroxylation sites is 1. The van der Waals surface area contributed by atoms with Crippen LogP contribution in [0.3, 0.4) is 0 Å². The molecule has 1 N–H and O–H groups in total. The van der Waals surface area contributed by atoms with Crippen LogP contribution in [0.5, 0.6) is 0 Å². The standard InChI is InChI=1S/C28H32N2O2/c1-4-29-23-11-7-8-20(23)21-18-19(12-14-24(21)29)13-15-26-28(2,3)22-9-5-6-10-25(22)30(26)17-16-27(31)32/h5-6,9-10,12-15,18,20,23H,4,7-8,11,16-17H2,1-3H3/p+1. The maximum absolute atomic E-state index is 11.3. The van der Waals surface area contributed by atoms with Gasteiger partial charge in [-0.2, -0.15) is 4.58 Å². The molecule has 0 aromatic heterocycles. The van der Waals surface area contributed by atoms with Gasteiger partial charge < -0.3 is 10.0 Å². The second-order valence-electron chi connectivity index (χ2n) is 9.87. The number of likely N-dealkylation sites (N-methyl/N-ethyl adjacent to an activating group) is 1. The summed E-state index contributed by atoms with van der Waals surface area (Å²) in [5.41, 5.74) is 7.53. The van der Waals surface area contributed by atoms with Crippen molar-refractivity contribution >= 4 is 29.1 Å². The average Bonchev–Trinajstić information content (AvgIpc) is 3.41. The van der Waals surface area contributed by atoms with Crippen molar-refractivity contribution in [2.24, 2.45) is 0 Å². The van der Waals surface area contributed by atoms with Crippen LogP contribution in [0, 0.1) is 0 Å². The first-order valence-corrected chi connectivity index (χ1v) is 12.0. The summed E-state index contributed by atoms with van der Waals surface area (Å²) in [5, 5.41) is 9.29. The van der Waals surface area contributed by atoms with E-state index in [1.54, 1.807) is 0 Å². The molecule has 2 aliphatic heterocycles. The molecule has 0 saturated heterocycles. The predicted octanol–water partition coefficient (Wildman–Crippen LogP) is 5.73. The number of carboxylic acids is 1. The van der Waals surface area contributed by atoms with Gasteiger partial charge in [-0.05, 0) is 62.9 Å². The van der Waals surface area contributed by atoms with Gasteiger partial charge in [-0.15, -0.1) is 0 Å². The van der Waals surface area contributed by atoms with Crippen LogP contribution < -0.4 is 4.90 Å². The molecule has 0 radical (unpaired) electrons. The van der Waals surface area contributed by atoms with Gasteiger partial charge in [0, 0.05) is 41.9 Å². The first-order valence-electron chi connectivity index (χ1n) is 12.0. The number of carbonyl (C=O) groups is 1. The van der Waals surface area contributed by atoms with Gasteiger partial charge >= 0.3 is 5.97 Å². The van der Waals surface area contributed by atoms with Crippen LogP contribution in [0.25, 0.3) is 6.08 Å². The van der Waals surface area contributed by atoms with Crippen LogP contribution in [-0.4, -0.2) is 40.5 Å². The fraction of sp³-hybridized carbons (Fsp3) is 0.429. The number of aliphatic carboxylic acids is 1. The lowest BCUT2D eigenvalue weighted by molar-refractivity contribution is -0.436. The zero-order valence-corrected chi connectivity index (χ0v) is 19.3. The molecule has 1 saturated carbocycles. The molecule has 2 aromatic carbocycles. The zero-order valence-electron chi connectivity index (χ0n) is 19.3. The van der Waals surface area contributed by atoms with E-state index in [2.05, 4.69) is 78.8 Å². The fourth-order valence-corrected chi connectivity index (χ4v) is 6.26. The lowest BCUT2D eigenvalue weighted by atomic mass is 9.81. The summed E-state index contributed by atoms with van der Waals surface area (Å²) in [4.78, 5) is 13.9. The maximum Gasteiger partial charge on any atom is 0.309 e. The van der Waals surface area contributed by atoms with Crippen LogP contribution in [0.1, 0.15) is 69.1 Å². The highest BCUT2D eigenvalue weighted by molar-refractivity contribution is 6.05. The van der Waals surface area contributed by atoms with Gasteiger partial charge in [0.1, 0.15) is 6.42 Å². The van der Waals surface area contributed by atoms with Gasteiger partial charge in [0.15, 0.2) is 12.3 Å². The normalized spacial score (nSPS) is 23.0. The van der Waals surface area contributed by atoms with Gasteiger partial charge in [0.05, 0.1) is 5.41 Å². The molecule has 4 heteroatoms. The smallest absolute Gasteiger partial charge is 0.309 e. The van der Waals surface area contributed by atoms with Crippen LogP contribution >= 0.6 is 0 Å². The second kappa shape index (κ2) is 7.91. The van der Waals surface area contributed by atoms with Crippen molar-refractivity contribution < 1.29 is 14.5 Å². The summed E-state index contributed by atoms with van der Waals surface area (Å²) >= 11 is 0. The summed E-state index contributed by atoms with van der Waals surface area (Å²) in [6, 6.07) is 16.0. The minimum atomic E-state index is -0.763. The molecule has 0 bridgehead atoms. The second-order valence-corrected chi connectivity index (χ2v) is 9.87. The Morgan fingerprint density at radius 3 is 2.78 bits per heavy atom. The van der Waals surface area contributed by atoms with Gasteiger partial charge in [-0.25, -0.2) is 0 Å². The van der Waals surface area contributed by atoms with Crippen LogP contribution in [0.15, 0.2) is 48.5 Å². The highest BCUT2D eigenvalue weighted by Crippen LogP contribution is 2.49. The SMILES string of the molecule is CCN1c2ccc(C=CC3=[N+](CCC(=O)O)c4ccccc4C3(C)C)cc2C2CCCC21. The summed E-state index contributed by atoms with van der Waals surface area (Å²) in [7, 11) is 0. The van der Waals surface area contributed by atoms with Gasteiger partial charge in [0.25, 0.3) is 0 Å². The van der Waals surface area contributed by atoms with Crippen LogP contribution in [-0.2, 0) is 10.2 Å². The molecule has 166 valence electrons. The van der Waals surface area contributed by atoms with Crippen molar-refractivity contribution in [3.05, 3.63) is 65.2 Å². The van der Waals surface area contributed by atoms with E-state index >= 15 is 0 Å². The van der Waals surface area contributed by atoms with Crippen LogP contribution in [0.2, 0.25) is 0 Å². The molecule has 2 atom stereocenters. The van der Waals surface area contributed by atoms with Crippen molar-refractivity contribution in [3.63, 3.8) is 0 Å². The molecule has 3 aliphatic rings. The Bertz CT molecular complexity index is 1130. The van der Waals surface area contributed by atoms with Crippen molar-refractivity contribution in [2.45, 2.75) is 63.8 Å². The molecular weight excluding hydrogens is 396 g/mol. The van der Waals surface area contributed by atoms with E-state index in [4.69, 9.17) is 0 Å². The number of fused-ring (bicyclic) bond motifs is 4. The molecule has 4 nitrogen and oxygen atoms in total. The largest absolute Gasteiger partial charge is 0.481 e. The fourth-order valence-electron chi connectivity index (χ4n) is 6.26. The van der Waals surface area contributed by atoms with E-state index in [1.165, 1.54) is 41.6 Å². The third kappa shape index (κ3) is 3.28. The Morgan fingerprint density at radius 2 is 2.00 bits per heavy atom. The average molecular weight is 430 g/mol. The summed E-state index contributed by atoms with van der Waals surface area (Å²) < 4.78 is 2.19. The summed E-state index contributed by atoms with van der Waals surface area (Å²) in [6.45, 7) is 8.29. The highest BCUT2D eigenvalue weighted by atomic mass is 16.4. The van der Waals surface area contributed by atoms with E-state index in [0.29, 0.717) is 18.5 Å². The highest BCUT2D eigenvalue weighted by Gasteiger charge is 2.44. The molecule has 5 rings (SSSR count). The number of hydrogen-bond acceptors (Lipinski definition) is 2. The quantitative estimate of drug-likeness (QED) is 0.597. The lowest BCUT2D eigenvalue weighted by Crippen LogP contribution is -2.30. The number of anilines is 1. The Morgan fingerprint density at radius 1 is 1.19 bits per heavy atom. The summed E-state index contributed by atoms with van der Waals surface area (Å²) in [5.74, 6) is -0.0917. The molecular formula is C28H33N2O2+. The molecule has 0 amide bonds. The Labute approximate surface area is 190 Å². The first-order chi connectivity index (χ1) is 15.4. The third-order valence-corrected chi connectivity index (χ3v) is 7.76. The topological polar surface area (TPSA) is 43.5 Å². The zero-order chi connectivity index (χ0) is 22.5. The number of benzene rings is 2. The number of carboxylic acid groups (broad SMARTS) is 1. The molecule has 2 unspecified atom stereocenters. The van der Waals surface area contributed by atoms with Gasteiger partial charge in [-0.1, -0.05) is 30.7 Å². The molecule has 1 fully saturated rings. The van der Waals surface area contributed by atoms with E-state index in [9.17, 15) is 9.90 Å². The van der Waals surface area contributed by atoms with Crippen molar-refractivity contribution in [1.29, 1.82) is 0 Å². The Kier molecular flexibility index (Phi) is 5.19. The monoisotopic (exact) mass is 429 g/mol. The Hall–Kier alpha value is -2.88. The number of hydrogen-bond donors (Lipinski definition) is 1. The van der Waals surface area contributed by atoms with Crippen molar-refractivity contribution in [3.8, 4) is 0 Å². The number of rotatable bonds is 6. The third-order valence-electron chi connectivity index (χ3n) is 7.76. The first kappa shape index (κ1) is 21.0. The van der Waals surface area contributed by atoms with Gasteiger partial charge in [-0.3, -0.25) is 4.79 Å². The molecule has 1 aliphatic carbocycles. The van der Waals surface area contributed by atoms with Gasteiger partial charge in [0.2, 0.25) is 5.69 Å². The van der Waals surface area contributed by atoms with E-state index < -0.39 is 5.97 Å². The van der Waals surface area contributed by atoms with Crippen molar-refractivity contribution in [1.82, 2.24) is 0 Å². The van der Waals surface area contributed by atoms with E-state index in [1.807, 2.05) is 6.07 Å². The minimum Gasteiger partial charge on any atom is -0.481 e. The molecule has 2 heterocycles. The van der Waals surface area contributed by atoms with E-state index in [-0.39, 0.29) is 11.8 Å². The number of nitrogens with zero attached hydrogens (tertiary/aromatic N) is 2. The van der Waals surface area contributed by atoms with Crippen LogP contribution in [0.4, 0.5) is 11.4 Å². The number of allylic oxidation sites excluding steroid dienone is 1.